The largest absolute Gasteiger partial charge is 0.446 e. The van der Waals surface area contributed by atoms with Crippen LogP contribution in [-0.2, 0) is 47.7 Å². The topological polar surface area (TPSA) is 188 Å². The van der Waals surface area contributed by atoms with Gasteiger partial charge in [-0.1, -0.05) is 39.8 Å². The third kappa shape index (κ3) is 5.59. The average molecular weight is 645 g/mol. The van der Waals surface area contributed by atoms with Gasteiger partial charge in [0.1, 0.15) is 18.8 Å². The predicted molar refractivity (Wildman–Crippen MR) is 153 cm³/mol. The molecule has 4 rings (SSSR count). The van der Waals surface area contributed by atoms with E-state index >= 15 is 0 Å². The van der Waals surface area contributed by atoms with Gasteiger partial charge in [0.25, 0.3) is 20.2 Å². The fraction of sp³-hybridized carbons (Fsp3) is 0.690. The molecule has 9 atom stereocenters. The van der Waals surface area contributed by atoms with Gasteiger partial charge < -0.3 is 14.9 Å². The zero-order valence-corrected chi connectivity index (χ0v) is 26.6. The third-order valence-corrected chi connectivity index (χ3v) is 10.9. The molecule has 14 heteroatoms. The first kappa shape index (κ1) is 33.7. The number of rotatable bonds is 10. The summed E-state index contributed by atoms with van der Waals surface area (Å²) >= 11 is 0. The average Bonchev–Trinajstić information content (AvgIpc) is 3.09. The van der Waals surface area contributed by atoms with Gasteiger partial charge in [-0.15, -0.1) is 0 Å². The van der Waals surface area contributed by atoms with Crippen molar-refractivity contribution < 1.29 is 54.5 Å². The van der Waals surface area contributed by atoms with Crippen molar-refractivity contribution in [1.82, 2.24) is 0 Å². The maximum atomic E-state index is 13.6. The number of ether oxygens (including phenoxy) is 1. The quantitative estimate of drug-likeness (QED) is 0.198. The molecule has 4 aliphatic rings. The summed E-state index contributed by atoms with van der Waals surface area (Å²) in [4.78, 5) is 39.2. The zero-order chi connectivity index (χ0) is 32.3. The van der Waals surface area contributed by atoms with Crippen LogP contribution in [0.2, 0.25) is 0 Å². The molecule has 3 saturated carbocycles. The molecule has 3 fully saturated rings. The van der Waals surface area contributed by atoms with E-state index in [2.05, 4.69) is 6.58 Å². The van der Waals surface area contributed by atoms with Crippen molar-refractivity contribution in [1.29, 1.82) is 0 Å². The van der Waals surface area contributed by atoms with Crippen molar-refractivity contribution in [3.63, 3.8) is 0 Å². The van der Waals surface area contributed by atoms with Crippen molar-refractivity contribution in [3.05, 3.63) is 36.0 Å². The van der Waals surface area contributed by atoms with E-state index in [9.17, 15) is 41.4 Å². The summed E-state index contributed by atoms with van der Waals surface area (Å²) in [6.07, 6.45) is 2.15. The Morgan fingerprint density at radius 3 is 2.30 bits per heavy atom. The molecule has 0 aromatic rings. The lowest BCUT2D eigenvalue weighted by molar-refractivity contribution is -0.207. The van der Waals surface area contributed by atoms with Gasteiger partial charge in [-0.25, -0.2) is 0 Å². The molecule has 0 amide bonds. The molecule has 0 aromatic carbocycles. The summed E-state index contributed by atoms with van der Waals surface area (Å²) in [7, 11) is -8.55. The van der Waals surface area contributed by atoms with E-state index in [4.69, 9.17) is 13.1 Å². The minimum atomic E-state index is -4.29. The third-order valence-electron chi connectivity index (χ3n) is 9.81. The number of aliphatic hydroxyl groups excluding tert-OH is 2. The molecule has 0 radical (unpaired) electrons. The molecular weight excluding hydrogens is 604 g/mol. The summed E-state index contributed by atoms with van der Waals surface area (Å²) in [5, 5.41) is 22.0. The Hall–Kier alpha value is -2.23. The lowest BCUT2D eigenvalue weighted by atomic mass is 9.45. The number of allylic oxidation sites excluding steroid dienone is 3. The van der Waals surface area contributed by atoms with Crippen LogP contribution in [0.3, 0.4) is 0 Å². The first-order valence-corrected chi connectivity index (χ1v) is 17.8. The number of esters is 1. The van der Waals surface area contributed by atoms with E-state index < -0.39 is 96.9 Å². The summed E-state index contributed by atoms with van der Waals surface area (Å²) in [6.45, 7) is 8.28. The Balaban J connectivity index is 1.98. The lowest BCUT2D eigenvalue weighted by Crippen LogP contribution is -2.68. The summed E-state index contributed by atoms with van der Waals surface area (Å²) < 4.78 is 67.4. The van der Waals surface area contributed by atoms with Crippen LogP contribution in [0.25, 0.3) is 0 Å². The standard InChI is InChI=1S/C29H40O12S2/c1-7-8-9-22(34)39-29(21(33)15-30)16(2)12-18-23-24(20(32)14-28(18,29)4)27(3)11-10-17(31)13-19(27)25(40-42(5,35)36)26(23)41-43(6,37)38/h10-11,13,18,20,23-26,30,32H,2,7-9,12,14-15H2,1,3-6H3/t18-,20-,23-,24-,25-,26+,27-,28-,29+/m0/s1. The molecule has 0 unspecified atom stereocenters. The predicted octanol–water partition coefficient (Wildman–Crippen LogP) is 1.37. The number of aliphatic hydroxyl groups is 2. The molecule has 0 aromatic heterocycles. The number of ketones is 2. The Bertz CT molecular complexity index is 1490. The normalized spacial score (nSPS) is 39.0. The second-order valence-corrected chi connectivity index (χ2v) is 15.9. The van der Waals surface area contributed by atoms with E-state index in [1.54, 1.807) is 19.9 Å². The maximum absolute atomic E-state index is 13.6. The number of fused-ring (bicyclic) bond motifs is 5. The Kier molecular flexibility index (Phi) is 8.84. The molecular formula is C29H40O12S2. The van der Waals surface area contributed by atoms with Gasteiger partial charge in [-0.3, -0.25) is 22.7 Å². The Morgan fingerprint density at radius 1 is 1.12 bits per heavy atom. The lowest BCUT2D eigenvalue weighted by Gasteiger charge is -2.62. The van der Waals surface area contributed by atoms with Crippen LogP contribution in [0.15, 0.2) is 36.0 Å². The number of hydrogen-bond donors (Lipinski definition) is 2. The van der Waals surface area contributed by atoms with E-state index in [1.807, 2.05) is 6.92 Å². The van der Waals surface area contributed by atoms with E-state index in [1.165, 1.54) is 12.2 Å². The second-order valence-electron chi connectivity index (χ2n) is 12.7. The Labute approximate surface area is 252 Å². The zero-order valence-electron chi connectivity index (χ0n) is 24.9. The number of hydrogen-bond acceptors (Lipinski definition) is 12. The summed E-state index contributed by atoms with van der Waals surface area (Å²) in [5.41, 5.74) is -4.38. The highest BCUT2D eigenvalue weighted by Crippen LogP contribution is 2.69. The molecule has 0 aliphatic heterocycles. The van der Waals surface area contributed by atoms with Crippen LogP contribution in [-0.4, -0.2) is 87.6 Å². The minimum Gasteiger partial charge on any atom is -0.446 e. The van der Waals surface area contributed by atoms with Crippen LogP contribution < -0.4 is 0 Å². The van der Waals surface area contributed by atoms with E-state index in [-0.39, 0.29) is 30.4 Å². The molecule has 0 saturated heterocycles. The molecule has 43 heavy (non-hydrogen) atoms. The first-order valence-electron chi connectivity index (χ1n) is 14.2. The highest BCUT2D eigenvalue weighted by atomic mass is 32.2. The number of Topliss-reactive ketones (excluding diaryl/α,β-unsaturated/α-hetero) is 1. The van der Waals surface area contributed by atoms with E-state index in [0.29, 0.717) is 12.8 Å². The molecule has 0 bridgehead atoms. The van der Waals surface area contributed by atoms with Gasteiger partial charge in [0.15, 0.2) is 11.4 Å². The molecule has 240 valence electrons. The monoisotopic (exact) mass is 644 g/mol. The molecule has 4 aliphatic carbocycles. The van der Waals surface area contributed by atoms with Crippen molar-refractivity contribution in [3.8, 4) is 0 Å². The van der Waals surface area contributed by atoms with Gasteiger partial charge in [-0.05, 0) is 54.4 Å². The number of unbranched alkanes of at least 4 members (excludes halogenated alkanes) is 1. The fourth-order valence-electron chi connectivity index (χ4n) is 8.26. The van der Waals surface area contributed by atoms with Gasteiger partial charge in [-0.2, -0.15) is 16.8 Å². The van der Waals surface area contributed by atoms with Crippen LogP contribution in [0, 0.1) is 28.6 Å². The van der Waals surface area contributed by atoms with Gasteiger partial charge in [0, 0.05) is 23.2 Å². The number of carbonyl (C=O) groups excluding carboxylic acids is 3. The van der Waals surface area contributed by atoms with Gasteiger partial charge in [0.2, 0.25) is 5.78 Å². The number of carbonyl (C=O) groups is 3. The van der Waals surface area contributed by atoms with Crippen LogP contribution in [0.5, 0.6) is 0 Å². The highest BCUT2D eigenvalue weighted by molar-refractivity contribution is 7.86. The van der Waals surface area contributed by atoms with Crippen LogP contribution in [0.1, 0.15) is 52.9 Å². The van der Waals surface area contributed by atoms with Crippen LogP contribution >= 0.6 is 0 Å². The smallest absolute Gasteiger partial charge is 0.307 e. The highest BCUT2D eigenvalue weighted by Gasteiger charge is 2.74. The van der Waals surface area contributed by atoms with Crippen molar-refractivity contribution in [2.24, 2.45) is 28.6 Å². The van der Waals surface area contributed by atoms with Crippen LogP contribution in [0.4, 0.5) is 0 Å². The van der Waals surface area contributed by atoms with Gasteiger partial charge in [0.05, 0.1) is 18.6 Å². The van der Waals surface area contributed by atoms with Gasteiger partial charge >= 0.3 is 5.97 Å². The summed E-state index contributed by atoms with van der Waals surface area (Å²) in [6, 6.07) is 0. The van der Waals surface area contributed by atoms with Crippen molar-refractivity contribution >= 4 is 37.8 Å². The van der Waals surface area contributed by atoms with Crippen molar-refractivity contribution in [2.45, 2.75) is 76.8 Å². The SMILES string of the molecule is C=C1C[C@H]2[C@@H]3[C@@H](OS(C)(=O)=O)[C@@H](OS(C)(=O)=O)C4=CC(=O)C=C[C@]4(C)[C@H]3[C@@H](O)C[C@]2(C)[C@]1(OC(=O)CCCC)C(=O)CO. The maximum Gasteiger partial charge on any atom is 0.307 e. The second kappa shape index (κ2) is 11.3. The minimum absolute atomic E-state index is 0.00414. The van der Waals surface area contributed by atoms with Crippen molar-refractivity contribution in [2.75, 3.05) is 19.1 Å². The fourth-order valence-corrected chi connectivity index (χ4v) is 9.49. The molecule has 12 nitrogen and oxygen atoms in total. The first-order chi connectivity index (χ1) is 19.8. The molecule has 2 N–H and O–H groups in total. The van der Waals surface area contributed by atoms with E-state index in [0.717, 1.165) is 12.5 Å². The molecule has 0 spiro atoms. The summed E-state index contributed by atoms with van der Waals surface area (Å²) in [5.74, 6) is -4.66. The Morgan fingerprint density at radius 2 is 1.74 bits per heavy atom. The molecule has 0 heterocycles.